The molecule has 2 aromatic rings. The second kappa shape index (κ2) is 13.2. The van der Waals surface area contributed by atoms with E-state index in [4.69, 9.17) is 21.1 Å². The normalized spacial score (nSPS) is 20.3. The number of esters is 2. The Morgan fingerprint density at radius 2 is 1.53 bits per heavy atom. The maximum Gasteiger partial charge on any atom is 0.311 e. The van der Waals surface area contributed by atoms with Crippen LogP contribution < -0.4 is 4.90 Å². The average molecular weight is 628 g/mol. The van der Waals surface area contributed by atoms with E-state index in [1.165, 1.54) is 25.3 Å². The highest BCUT2D eigenvalue weighted by atomic mass is 35.5. The molecule has 5 rings (SSSR count). The molecule has 2 aromatic carbocycles. The molecule has 0 bridgehead atoms. The maximum absolute atomic E-state index is 12.1. The molecule has 7 heteroatoms. The molecule has 0 N–H and O–H groups in total. The molecule has 0 aromatic heterocycles. The summed E-state index contributed by atoms with van der Waals surface area (Å²) in [5.74, 6) is -0.445. The van der Waals surface area contributed by atoms with Crippen LogP contribution in [0.15, 0.2) is 94.7 Å². The van der Waals surface area contributed by atoms with Crippen molar-refractivity contribution in [2.75, 3.05) is 32.2 Å². The van der Waals surface area contributed by atoms with Gasteiger partial charge >= 0.3 is 11.9 Å². The van der Waals surface area contributed by atoms with Crippen molar-refractivity contribution in [3.05, 3.63) is 106 Å². The van der Waals surface area contributed by atoms with Crippen LogP contribution in [0.3, 0.4) is 0 Å². The number of ether oxygens (including phenoxy) is 2. The number of anilines is 1. The Morgan fingerprint density at radius 1 is 0.867 bits per heavy atom. The number of carbonyl (C=O) groups excluding carboxylic acids is 2. The van der Waals surface area contributed by atoms with Crippen molar-refractivity contribution in [2.24, 2.45) is 0 Å². The molecule has 0 saturated heterocycles. The Kier molecular flexibility index (Phi) is 9.54. The highest BCUT2D eigenvalue weighted by Crippen LogP contribution is 2.48. The monoisotopic (exact) mass is 627 g/mol. The van der Waals surface area contributed by atoms with Crippen LogP contribution in [0.4, 0.5) is 11.4 Å². The number of hydrogen-bond acceptors (Lipinski definition) is 5. The van der Waals surface area contributed by atoms with Gasteiger partial charge in [0.1, 0.15) is 6.42 Å². The largest absolute Gasteiger partial charge is 0.469 e. The number of carbonyl (C=O) groups is 2. The highest BCUT2D eigenvalue weighted by molar-refractivity contribution is 6.32. The maximum atomic E-state index is 12.1. The van der Waals surface area contributed by atoms with Gasteiger partial charge < -0.3 is 14.4 Å². The van der Waals surface area contributed by atoms with Crippen molar-refractivity contribution in [3.8, 4) is 0 Å². The number of benzene rings is 2. The van der Waals surface area contributed by atoms with Crippen LogP contribution in [0.1, 0.15) is 70.9 Å². The predicted octanol–water partition coefficient (Wildman–Crippen LogP) is 8.03. The van der Waals surface area contributed by atoms with Gasteiger partial charge in [0, 0.05) is 46.1 Å². The molecule has 236 valence electrons. The van der Waals surface area contributed by atoms with E-state index in [2.05, 4.69) is 97.9 Å². The first kappa shape index (κ1) is 32.5. The van der Waals surface area contributed by atoms with Gasteiger partial charge in [0.2, 0.25) is 5.69 Å². The van der Waals surface area contributed by atoms with Gasteiger partial charge in [0.15, 0.2) is 12.3 Å². The lowest BCUT2D eigenvalue weighted by molar-refractivity contribution is -0.436. The summed E-state index contributed by atoms with van der Waals surface area (Å²) in [7, 11) is 2.86. The summed E-state index contributed by atoms with van der Waals surface area (Å²) < 4.78 is 12.1. The van der Waals surface area contributed by atoms with E-state index in [-0.39, 0.29) is 22.8 Å². The van der Waals surface area contributed by atoms with Crippen LogP contribution in [0, 0.1) is 0 Å². The zero-order valence-electron chi connectivity index (χ0n) is 27.3. The zero-order chi connectivity index (χ0) is 32.4. The van der Waals surface area contributed by atoms with E-state index in [0.717, 1.165) is 58.2 Å². The summed E-state index contributed by atoms with van der Waals surface area (Å²) >= 11 is 7.13. The fraction of sp³-hybridized carbons (Fsp3) is 0.395. The minimum Gasteiger partial charge on any atom is -0.469 e. The van der Waals surface area contributed by atoms with E-state index in [1.54, 1.807) is 0 Å². The summed E-state index contributed by atoms with van der Waals surface area (Å²) in [5, 5.41) is 0.791. The summed E-state index contributed by atoms with van der Waals surface area (Å²) in [6, 6.07) is 16.8. The van der Waals surface area contributed by atoms with E-state index < -0.39 is 0 Å². The van der Waals surface area contributed by atoms with E-state index >= 15 is 0 Å². The van der Waals surface area contributed by atoms with Crippen LogP contribution in [0.25, 0.3) is 0 Å². The van der Waals surface area contributed by atoms with E-state index in [1.807, 2.05) is 12.1 Å². The molecule has 3 aliphatic rings. The standard InChI is InChI=1S/C38H44ClN2O4/c1-37(2)28-14-7-9-16-30(28)40(24-22-34(42)44-5)32(37)20-18-26-12-11-13-27(36(26)39)19-21-33-38(3,4)29-15-8-10-17-31(29)41(33)25-23-35(43)45-6/h7-10,14-21H,11-13,22-25H2,1-6H3/q+1. The molecule has 0 unspecified atom stereocenters. The van der Waals surface area contributed by atoms with Gasteiger partial charge in [0.05, 0.1) is 26.1 Å². The Hall–Kier alpha value is -3.90. The molecular formula is C38H44ClN2O4+. The minimum absolute atomic E-state index is 0.222. The molecule has 2 aliphatic heterocycles. The first-order chi connectivity index (χ1) is 21.5. The van der Waals surface area contributed by atoms with Gasteiger partial charge in [0.25, 0.3) is 0 Å². The molecule has 45 heavy (non-hydrogen) atoms. The third kappa shape index (κ3) is 6.30. The smallest absolute Gasteiger partial charge is 0.311 e. The highest BCUT2D eigenvalue weighted by Gasteiger charge is 2.44. The third-order valence-corrected chi connectivity index (χ3v) is 9.96. The molecule has 0 radical (unpaired) electrons. The summed E-state index contributed by atoms with van der Waals surface area (Å²) in [4.78, 5) is 26.4. The Morgan fingerprint density at radius 3 is 2.27 bits per heavy atom. The van der Waals surface area contributed by atoms with Gasteiger partial charge in [-0.3, -0.25) is 9.59 Å². The van der Waals surface area contributed by atoms with Crippen LogP contribution in [0.2, 0.25) is 0 Å². The third-order valence-electron chi connectivity index (χ3n) is 9.47. The van der Waals surface area contributed by atoms with Crippen LogP contribution in [0.5, 0.6) is 0 Å². The number of methoxy groups -OCH3 is 2. The first-order valence-corrected chi connectivity index (χ1v) is 16.1. The van der Waals surface area contributed by atoms with Crippen LogP contribution >= 0.6 is 11.6 Å². The van der Waals surface area contributed by atoms with E-state index in [9.17, 15) is 9.59 Å². The van der Waals surface area contributed by atoms with Crippen molar-refractivity contribution in [2.45, 2.75) is 70.6 Å². The fourth-order valence-electron chi connectivity index (χ4n) is 6.94. The predicted molar refractivity (Wildman–Crippen MR) is 181 cm³/mol. The van der Waals surface area contributed by atoms with Gasteiger partial charge in [-0.05, 0) is 62.0 Å². The summed E-state index contributed by atoms with van der Waals surface area (Å²) in [6.07, 6.45) is 12.1. The lowest BCUT2D eigenvalue weighted by atomic mass is 9.81. The van der Waals surface area contributed by atoms with Crippen molar-refractivity contribution in [3.63, 3.8) is 0 Å². The molecule has 2 heterocycles. The molecule has 0 atom stereocenters. The number of hydrogen-bond donors (Lipinski definition) is 0. The Labute approximate surface area is 272 Å². The molecule has 0 saturated carbocycles. The van der Waals surface area contributed by atoms with Crippen molar-refractivity contribution < 1.29 is 23.6 Å². The van der Waals surface area contributed by atoms with Crippen LogP contribution in [-0.2, 0) is 29.9 Å². The summed E-state index contributed by atoms with van der Waals surface area (Å²) in [5.41, 5.74) is 8.74. The molecule has 1 aliphatic carbocycles. The molecule has 0 amide bonds. The van der Waals surface area contributed by atoms with Crippen molar-refractivity contribution in [1.82, 2.24) is 0 Å². The fourth-order valence-corrected chi connectivity index (χ4v) is 7.26. The summed E-state index contributed by atoms with van der Waals surface area (Å²) in [6.45, 7) is 10.00. The quantitative estimate of drug-likeness (QED) is 0.208. The molecule has 0 spiro atoms. The Balaban J connectivity index is 1.48. The second-order valence-corrected chi connectivity index (χ2v) is 13.3. The van der Waals surface area contributed by atoms with Gasteiger partial charge in [-0.2, -0.15) is 4.58 Å². The van der Waals surface area contributed by atoms with Crippen LogP contribution in [-0.4, -0.2) is 49.5 Å². The van der Waals surface area contributed by atoms with Crippen molar-refractivity contribution >= 4 is 40.6 Å². The topological polar surface area (TPSA) is 58.8 Å². The number of fused-ring (bicyclic) bond motifs is 2. The zero-order valence-corrected chi connectivity index (χ0v) is 28.0. The minimum atomic E-state index is -0.231. The molecular weight excluding hydrogens is 584 g/mol. The van der Waals surface area contributed by atoms with Crippen molar-refractivity contribution in [1.29, 1.82) is 0 Å². The van der Waals surface area contributed by atoms with E-state index in [0.29, 0.717) is 25.9 Å². The Bertz CT molecular complexity index is 1660. The number of halogens is 1. The molecule has 6 nitrogen and oxygen atoms in total. The lowest BCUT2D eigenvalue weighted by Gasteiger charge is -2.27. The number of rotatable bonds is 9. The average Bonchev–Trinajstić information content (AvgIpc) is 3.39. The number of para-hydroxylation sites is 2. The molecule has 0 fully saturated rings. The SMILES string of the molecule is COC(=O)CCN1/C(=C/C=C2\CCCC(/C=C/C3=[N+](CCC(=O)OC)c4ccccc4C3(C)C)=C2Cl)C(C)(C)c2ccccc21. The number of nitrogens with zero attached hydrogens (tertiary/aromatic N) is 2. The van der Waals surface area contributed by atoms with Gasteiger partial charge in [-0.1, -0.05) is 74.0 Å². The van der Waals surface area contributed by atoms with Gasteiger partial charge in [-0.15, -0.1) is 0 Å². The lowest BCUT2D eigenvalue weighted by Crippen LogP contribution is -2.28. The number of allylic oxidation sites excluding steroid dienone is 8. The second-order valence-electron chi connectivity index (χ2n) is 12.9. The first-order valence-electron chi connectivity index (χ1n) is 15.7. The van der Waals surface area contributed by atoms with Gasteiger partial charge in [-0.25, -0.2) is 0 Å².